The van der Waals surface area contributed by atoms with Gasteiger partial charge in [0, 0.05) is 11.4 Å². The highest BCUT2D eigenvalue weighted by atomic mass is 35.5. The first-order valence-corrected chi connectivity index (χ1v) is 7.13. The number of amides is 1. The van der Waals surface area contributed by atoms with Crippen LogP contribution in [0.4, 0.5) is 0 Å². The maximum absolute atomic E-state index is 12.5. The third-order valence-corrected chi connectivity index (χ3v) is 3.68. The molecule has 5 heteroatoms. The predicted octanol–water partition coefficient (Wildman–Crippen LogP) is 3.23. The summed E-state index contributed by atoms with van der Waals surface area (Å²) in [6.07, 6.45) is 1.51. The van der Waals surface area contributed by atoms with Crippen LogP contribution in [0.3, 0.4) is 0 Å². The summed E-state index contributed by atoms with van der Waals surface area (Å²) in [5, 5.41) is 3.03. The summed E-state index contributed by atoms with van der Waals surface area (Å²) in [4.78, 5) is 12.5. The van der Waals surface area contributed by atoms with E-state index < -0.39 is 0 Å². The topological polar surface area (TPSA) is 47.6 Å². The van der Waals surface area contributed by atoms with E-state index in [9.17, 15) is 4.79 Å². The predicted molar refractivity (Wildman–Crippen MR) is 81.0 cm³/mol. The molecule has 1 N–H and O–H groups in total. The van der Waals surface area contributed by atoms with E-state index in [1.165, 1.54) is 7.11 Å². The molecule has 0 heterocycles. The van der Waals surface area contributed by atoms with Gasteiger partial charge >= 0.3 is 0 Å². The number of hydrogen-bond acceptors (Lipinski definition) is 3. The molecule has 0 aliphatic rings. The second-order valence-electron chi connectivity index (χ2n) is 4.87. The van der Waals surface area contributed by atoms with Crippen LogP contribution in [0.1, 0.15) is 37.0 Å². The van der Waals surface area contributed by atoms with E-state index in [1.807, 2.05) is 13.8 Å². The van der Waals surface area contributed by atoms with Crippen molar-refractivity contribution >= 4 is 17.5 Å². The third kappa shape index (κ3) is 4.04. The van der Waals surface area contributed by atoms with Crippen molar-refractivity contribution in [1.29, 1.82) is 0 Å². The number of ether oxygens (including phenoxy) is 2. The molecule has 0 aromatic heterocycles. The molecule has 1 rings (SSSR count). The smallest absolute Gasteiger partial charge is 0.255 e. The molecular weight excluding hydrogens is 278 g/mol. The number of benzene rings is 1. The van der Waals surface area contributed by atoms with Gasteiger partial charge in [-0.25, -0.2) is 0 Å². The largest absolute Gasteiger partial charge is 0.497 e. The van der Waals surface area contributed by atoms with Gasteiger partial charge in [0.15, 0.2) is 0 Å². The molecule has 0 aliphatic heterocycles. The van der Waals surface area contributed by atoms with Crippen molar-refractivity contribution in [1.82, 2.24) is 5.32 Å². The Kier molecular flexibility index (Phi) is 6.14. The van der Waals surface area contributed by atoms with Crippen LogP contribution >= 0.6 is 11.6 Å². The fourth-order valence-electron chi connectivity index (χ4n) is 1.87. The number of alkyl halides is 1. The molecule has 1 aromatic carbocycles. The highest BCUT2D eigenvalue weighted by Gasteiger charge is 2.25. The molecule has 0 radical (unpaired) electrons. The molecule has 0 aliphatic carbocycles. The van der Waals surface area contributed by atoms with Gasteiger partial charge in [0.25, 0.3) is 5.91 Å². The summed E-state index contributed by atoms with van der Waals surface area (Å²) >= 11 is 5.80. The Morgan fingerprint density at radius 2 is 2.05 bits per heavy atom. The van der Waals surface area contributed by atoms with Crippen LogP contribution < -0.4 is 14.8 Å². The minimum absolute atomic E-state index is 0.185. The average Bonchev–Trinajstić information content (AvgIpc) is 2.46. The van der Waals surface area contributed by atoms with Crippen LogP contribution in [-0.4, -0.2) is 31.5 Å². The molecule has 0 bridgehead atoms. The van der Waals surface area contributed by atoms with Crippen molar-refractivity contribution in [2.24, 2.45) is 0 Å². The lowest BCUT2D eigenvalue weighted by atomic mass is 9.95. The number of halogens is 1. The summed E-state index contributed by atoms with van der Waals surface area (Å²) in [6.45, 7) is 4.01. The molecule has 1 unspecified atom stereocenters. The first-order valence-electron chi connectivity index (χ1n) is 6.60. The van der Waals surface area contributed by atoms with Crippen LogP contribution in [0.5, 0.6) is 11.5 Å². The quantitative estimate of drug-likeness (QED) is 0.786. The maximum atomic E-state index is 12.5. The minimum Gasteiger partial charge on any atom is -0.497 e. The summed E-state index contributed by atoms with van der Waals surface area (Å²) < 4.78 is 10.4. The van der Waals surface area contributed by atoms with Gasteiger partial charge in [-0.2, -0.15) is 0 Å². The van der Waals surface area contributed by atoms with Gasteiger partial charge in [0.2, 0.25) is 0 Å². The molecule has 0 saturated heterocycles. The highest BCUT2D eigenvalue weighted by Crippen LogP contribution is 2.25. The third-order valence-electron chi connectivity index (χ3n) is 3.49. The number of nitrogens with one attached hydrogen (secondary N) is 1. The van der Waals surface area contributed by atoms with Gasteiger partial charge in [-0.3, -0.25) is 4.79 Å². The Morgan fingerprint density at radius 3 is 2.55 bits per heavy atom. The SMILES string of the molecule is CCC(C)(CCCl)NC(=O)c1cc(OC)ccc1OC. The van der Waals surface area contributed by atoms with Crippen LogP contribution in [0.25, 0.3) is 0 Å². The van der Waals surface area contributed by atoms with E-state index in [0.717, 1.165) is 6.42 Å². The Balaban J connectivity index is 3.01. The van der Waals surface area contributed by atoms with Crippen LogP contribution in [-0.2, 0) is 0 Å². The molecule has 1 amide bonds. The molecule has 1 atom stereocenters. The summed E-state index contributed by atoms with van der Waals surface area (Å²) in [5.74, 6) is 1.45. The zero-order valence-corrected chi connectivity index (χ0v) is 13.2. The van der Waals surface area contributed by atoms with Gasteiger partial charge in [0.1, 0.15) is 11.5 Å². The lowest BCUT2D eigenvalue weighted by Crippen LogP contribution is -2.45. The van der Waals surface area contributed by atoms with Gasteiger partial charge in [-0.1, -0.05) is 6.92 Å². The number of methoxy groups -OCH3 is 2. The minimum atomic E-state index is -0.326. The normalized spacial score (nSPS) is 13.4. The van der Waals surface area contributed by atoms with Crippen LogP contribution in [0.2, 0.25) is 0 Å². The van der Waals surface area contributed by atoms with Gasteiger partial charge in [-0.05, 0) is 38.0 Å². The highest BCUT2D eigenvalue weighted by molar-refractivity contribution is 6.17. The van der Waals surface area contributed by atoms with Gasteiger partial charge in [-0.15, -0.1) is 11.6 Å². The molecule has 4 nitrogen and oxygen atoms in total. The van der Waals surface area contributed by atoms with Crippen molar-refractivity contribution in [2.75, 3.05) is 20.1 Å². The standard InChI is InChI=1S/C15H22ClNO3/c1-5-15(2,8-9-16)17-14(18)12-10-11(19-3)6-7-13(12)20-4/h6-7,10H,5,8-9H2,1-4H3,(H,17,18). The molecule has 0 spiro atoms. The van der Waals surface area contributed by atoms with Crippen molar-refractivity contribution in [3.63, 3.8) is 0 Å². The van der Waals surface area contributed by atoms with Crippen molar-refractivity contribution in [3.05, 3.63) is 23.8 Å². The summed E-state index contributed by atoms with van der Waals surface area (Å²) in [7, 11) is 3.10. The van der Waals surface area contributed by atoms with Crippen LogP contribution in [0.15, 0.2) is 18.2 Å². The second-order valence-corrected chi connectivity index (χ2v) is 5.25. The van der Waals surface area contributed by atoms with E-state index in [-0.39, 0.29) is 11.4 Å². The maximum Gasteiger partial charge on any atom is 0.255 e. The van der Waals surface area contributed by atoms with Gasteiger partial charge < -0.3 is 14.8 Å². The lowest BCUT2D eigenvalue weighted by Gasteiger charge is -2.29. The fourth-order valence-corrected chi connectivity index (χ4v) is 2.29. The Labute approximate surface area is 125 Å². The Hall–Kier alpha value is -1.42. The number of hydrogen-bond donors (Lipinski definition) is 1. The average molecular weight is 300 g/mol. The number of carbonyl (C=O) groups excluding carboxylic acids is 1. The zero-order chi connectivity index (χ0) is 15.2. The summed E-state index contributed by atoms with van der Waals surface area (Å²) in [5.41, 5.74) is 0.133. The van der Waals surface area contributed by atoms with Crippen molar-refractivity contribution in [2.45, 2.75) is 32.2 Å². The van der Waals surface area contributed by atoms with Crippen molar-refractivity contribution in [3.8, 4) is 11.5 Å². The van der Waals surface area contributed by atoms with Gasteiger partial charge in [0.05, 0.1) is 19.8 Å². The molecule has 0 saturated carbocycles. The number of carbonyl (C=O) groups is 1. The molecule has 112 valence electrons. The fraction of sp³-hybridized carbons (Fsp3) is 0.533. The lowest BCUT2D eigenvalue weighted by molar-refractivity contribution is 0.0898. The molecular formula is C15H22ClNO3. The summed E-state index contributed by atoms with van der Waals surface area (Å²) in [6, 6.07) is 5.15. The Bertz CT molecular complexity index is 464. The second kappa shape index (κ2) is 7.39. The monoisotopic (exact) mass is 299 g/mol. The molecule has 20 heavy (non-hydrogen) atoms. The van der Waals surface area contributed by atoms with Crippen LogP contribution in [0, 0.1) is 0 Å². The van der Waals surface area contributed by atoms with E-state index >= 15 is 0 Å². The number of rotatable bonds is 7. The van der Waals surface area contributed by atoms with E-state index in [1.54, 1.807) is 25.3 Å². The van der Waals surface area contributed by atoms with Crippen molar-refractivity contribution < 1.29 is 14.3 Å². The first-order chi connectivity index (χ1) is 9.49. The van der Waals surface area contributed by atoms with E-state index in [4.69, 9.17) is 21.1 Å². The molecule has 1 aromatic rings. The zero-order valence-electron chi connectivity index (χ0n) is 12.5. The van der Waals surface area contributed by atoms with E-state index in [2.05, 4.69) is 5.32 Å². The Morgan fingerprint density at radius 1 is 1.35 bits per heavy atom. The first kappa shape index (κ1) is 16.6. The van der Waals surface area contributed by atoms with E-state index in [0.29, 0.717) is 29.4 Å². The molecule has 0 fully saturated rings.